The molecule has 1 atom stereocenters. The van der Waals surface area contributed by atoms with Crippen LogP contribution in [-0.4, -0.2) is 39.2 Å². The number of carbonyl (C=O) groups is 1. The summed E-state index contributed by atoms with van der Waals surface area (Å²) in [7, 11) is 0. The molecule has 1 aliphatic heterocycles. The van der Waals surface area contributed by atoms with Crippen LogP contribution >= 0.6 is 0 Å². The van der Waals surface area contributed by atoms with Crippen LogP contribution in [0.2, 0.25) is 0 Å². The van der Waals surface area contributed by atoms with Crippen molar-refractivity contribution in [1.82, 2.24) is 15.3 Å². The maximum Gasteiger partial charge on any atom is 0.573 e. The molecule has 1 fully saturated rings. The highest BCUT2D eigenvalue weighted by atomic mass is 19.4. The van der Waals surface area contributed by atoms with Crippen molar-refractivity contribution in [1.29, 1.82) is 0 Å². The van der Waals surface area contributed by atoms with Crippen LogP contribution in [0.3, 0.4) is 0 Å². The van der Waals surface area contributed by atoms with E-state index in [9.17, 15) is 23.1 Å². The van der Waals surface area contributed by atoms with E-state index < -0.39 is 24.0 Å². The van der Waals surface area contributed by atoms with Crippen molar-refractivity contribution in [3.05, 3.63) is 36.2 Å². The van der Waals surface area contributed by atoms with E-state index >= 15 is 0 Å². The molecular weight excluding hydrogens is 381 g/mol. The number of amides is 1. The number of aryl methyl sites for hydroxylation is 1. The second-order valence-electron chi connectivity index (χ2n) is 6.62. The first-order valence-electron chi connectivity index (χ1n) is 8.12. The Balaban J connectivity index is 1.77. The fourth-order valence-electron chi connectivity index (χ4n) is 2.59. The van der Waals surface area contributed by atoms with Gasteiger partial charge in [-0.25, -0.2) is 9.97 Å². The average Bonchev–Trinajstić information content (AvgIpc) is 2.78. The van der Waals surface area contributed by atoms with Gasteiger partial charge >= 0.3 is 12.4 Å². The molecule has 2 heterocycles. The summed E-state index contributed by atoms with van der Waals surface area (Å²) in [6, 6.07) is 3.76. The predicted octanol–water partition coefficient (Wildman–Crippen LogP) is 2.47. The average molecular weight is 398 g/mol. The van der Waals surface area contributed by atoms with E-state index in [1.165, 1.54) is 31.5 Å². The fourth-order valence-corrected chi connectivity index (χ4v) is 2.59. The van der Waals surface area contributed by atoms with Gasteiger partial charge in [0.05, 0.1) is 23.6 Å². The smallest absolute Gasteiger partial charge is 0.424 e. The SMILES string of the molecule is Cc1ccc(Oc2ncc(N3C(=O)C(C)(C)NC3O)cn2)cc1OC(F)(F)F. The quantitative estimate of drug-likeness (QED) is 0.817. The highest BCUT2D eigenvalue weighted by molar-refractivity contribution is 6.01. The van der Waals surface area contributed by atoms with E-state index in [0.717, 1.165) is 11.0 Å². The molecule has 8 nitrogen and oxygen atoms in total. The van der Waals surface area contributed by atoms with E-state index in [-0.39, 0.29) is 28.9 Å². The van der Waals surface area contributed by atoms with Crippen molar-refractivity contribution in [2.75, 3.05) is 4.90 Å². The molecule has 1 aromatic carbocycles. The van der Waals surface area contributed by atoms with Crippen molar-refractivity contribution < 1.29 is 32.5 Å². The number of halogens is 3. The zero-order valence-electron chi connectivity index (χ0n) is 15.1. The zero-order valence-corrected chi connectivity index (χ0v) is 15.1. The minimum atomic E-state index is -4.83. The molecule has 1 unspecified atom stereocenters. The van der Waals surface area contributed by atoms with Gasteiger partial charge in [-0.05, 0) is 32.4 Å². The molecule has 0 spiro atoms. The van der Waals surface area contributed by atoms with Crippen LogP contribution < -0.4 is 19.7 Å². The number of anilines is 1. The normalized spacial score (nSPS) is 19.0. The molecule has 1 aliphatic rings. The molecule has 0 saturated carbocycles. The Morgan fingerprint density at radius 1 is 1.25 bits per heavy atom. The molecule has 28 heavy (non-hydrogen) atoms. The summed E-state index contributed by atoms with van der Waals surface area (Å²) < 4.78 is 46.6. The molecule has 1 amide bonds. The highest BCUT2D eigenvalue weighted by Gasteiger charge is 2.45. The van der Waals surface area contributed by atoms with Crippen LogP contribution in [-0.2, 0) is 4.79 Å². The van der Waals surface area contributed by atoms with Gasteiger partial charge in [0, 0.05) is 6.07 Å². The lowest BCUT2D eigenvalue weighted by Gasteiger charge is -2.19. The molecule has 2 N–H and O–H groups in total. The summed E-state index contributed by atoms with van der Waals surface area (Å²) in [5.74, 6) is -0.733. The lowest BCUT2D eigenvalue weighted by Crippen LogP contribution is -2.41. The van der Waals surface area contributed by atoms with Crippen molar-refractivity contribution in [2.24, 2.45) is 0 Å². The van der Waals surface area contributed by atoms with Gasteiger partial charge in [0.2, 0.25) is 5.91 Å². The Hall–Kier alpha value is -2.92. The van der Waals surface area contributed by atoms with Crippen molar-refractivity contribution in [3.8, 4) is 17.5 Å². The Kier molecular flexibility index (Phi) is 4.90. The van der Waals surface area contributed by atoms with E-state index in [4.69, 9.17) is 4.74 Å². The number of carbonyl (C=O) groups excluding carboxylic acids is 1. The second kappa shape index (κ2) is 6.91. The molecule has 1 saturated heterocycles. The van der Waals surface area contributed by atoms with Crippen molar-refractivity contribution >= 4 is 11.6 Å². The number of aliphatic hydroxyl groups excluding tert-OH is 1. The topological polar surface area (TPSA) is 96.8 Å². The lowest BCUT2D eigenvalue weighted by atomic mass is 10.1. The number of alkyl halides is 3. The Morgan fingerprint density at radius 3 is 2.43 bits per heavy atom. The molecule has 1 aromatic heterocycles. The summed E-state index contributed by atoms with van der Waals surface area (Å²) in [4.78, 5) is 21.3. The van der Waals surface area contributed by atoms with Gasteiger partial charge < -0.3 is 14.6 Å². The number of aliphatic hydroxyl groups is 1. The third kappa shape index (κ3) is 4.15. The molecule has 11 heteroatoms. The molecule has 0 bridgehead atoms. The molecule has 3 rings (SSSR count). The van der Waals surface area contributed by atoms with Gasteiger partial charge in [0.1, 0.15) is 11.5 Å². The first-order valence-corrected chi connectivity index (χ1v) is 8.12. The van der Waals surface area contributed by atoms with Gasteiger partial charge in [-0.1, -0.05) is 6.07 Å². The summed E-state index contributed by atoms with van der Waals surface area (Å²) in [6.45, 7) is 4.70. The molecule has 0 radical (unpaired) electrons. The molecule has 2 aromatic rings. The van der Waals surface area contributed by atoms with Gasteiger partial charge in [0.15, 0.2) is 6.35 Å². The van der Waals surface area contributed by atoms with Crippen LogP contribution in [0.25, 0.3) is 0 Å². The van der Waals surface area contributed by atoms with Crippen molar-refractivity contribution in [2.45, 2.75) is 39.0 Å². The molecule has 150 valence electrons. The van der Waals surface area contributed by atoms with E-state index in [0.29, 0.717) is 0 Å². The van der Waals surface area contributed by atoms with Crippen LogP contribution in [0, 0.1) is 6.92 Å². The number of rotatable bonds is 4. The standard InChI is InChI=1S/C17H17F3N4O4/c1-9-4-5-11(6-12(9)28-17(18,19)20)27-14-21-7-10(8-22-14)24-13(25)16(2,3)23-15(24)26/h4-8,15,23,26H,1-3H3. The van der Waals surface area contributed by atoms with E-state index in [2.05, 4.69) is 20.0 Å². The van der Waals surface area contributed by atoms with Crippen LogP contribution in [0.1, 0.15) is 19.4 Å². The number of hydrogen-bond acceptors (Lipinski definition) is 7. The van der Waals surface area contributed by atoms with Crippen molar-refractivity contribution in [3.63, 3.8) is 0 Å². The summed E-state index contributed by atoms with van der Waals surface area (Å²) in [5, 5.41) is 12.7. The number of nitrogens with zero attached hydrogens (tertiary/aromatic N) is 3. The highest BCUT2D eigenvalue weighted by Crippen LogP contribution is 2.31. The Labute approximate surface area is 157 Å². The minimum Gasteiger partial charge on any atom is -0.424 e. The second-order valence-corrected chi connectivity index (χ2v) is 6.62. The summed E-state index contributed by atoms with van der Waals surface area (Å²) in [5.41, 5.74) is -0.448. The van der Waals surface area contributed by atoms with Gasteiger partial charge in [-0.3, -0.25) is 15.0 Å². The summed E-state index contributed by atoms with van der Waals surface area (Å²) >= 11 is 0. The Morgan fingerprint density at radius 2 is 1.89 bits per heavy atom. The van der Waals surface area contributed by atoms with E-state index in [1.54, 1.807) is 13.8 Å². The first kappa shape index (κ1) is 19.8. The lowest BCUT2D eigenvalue weighted by molar-refractivity contribution is -0.274. The largest absolute Gasteiger partial charge is 0.573 e. The maximum absolute atomic E-state index is 12.4. The fraction of sp³-hybridized carbons (Fsp3) is 0.353. The van der Waals surface area contributed by atoms with Crippen LogP contribution in [0.15, 0.2) is 30.6 Å². The van der Waals surface area contributed by atoms with Gasteiger partial charge in [0.25, 0.3) is 0 Å². The summed E-state index contributed by atoms with van der Waals surface area (Å²) in [6.07, 6.45) is -3.55. The van der Waals surface area contributed by atoms with E-state index in [1.807, 2.05) is 0 Å². The number of aromatic nitrogens is 2. The predicted molar refractivity (Wildman–Crippen MR) is 90.7 cm³/mol. The van der Waals surface area contributed by atoms with Crippen LogP contribution in [0.5, 0.6) is 17.5 Å². The maximum atomic E-state index is 12.4. The number of ether oxygens (including phenoxy) is 2. The van der Waals surface area contributed by atoms with Gasteiger partial charge in [-0.15, -0.1) is 13.2 Å². The van der Waals surface area contributed by atoms with Crippen LogP contribution in [0.4, 0.5) is 18.9 Å². The number of benzene rings is 1. The monoisotopic (exact) mass is 398 g/mol. The first-order chi connectivity index (χ1) is 13.0. The molecule has 0 aliphatic carbocycles. The number of hydrogen-bond donors (Lipinski definition) is 2. The third-order valence-electron chi connectivity index (χ3n) is 3.98. The van der Waals surface area contributed by atoms with Gasteiger partial charge in [-0.2, -0.15) is 0 Å². The number of nitrogens with one attached hydrogen (secondary N) is 1. The Bertz CT molecular complexity index is 887. The third-order valence-corrected chi connectivity index (χ3v) is 3.98. The minimum absolute atomic E-state index is 0.0395. The zero-order chi connectivity index (χ0) is 20.7. The molecular formula is C17H17F3N4O4.